The van der Waals surface area contributed by atoms with Crippen LogP contribution in [0.4, 0.5) is 21.0 Å². The maximum Gasteiger partial charge on any atom is 0.411 e. The van der Waals surface area contributed by atoms with Crippen molar-refractivity contribution < 1.29 is 28.9 Å². The van der Waals surface area contributed by atoms with Crippen molar-refractivity contribution in [3.05, 3.63) is 90.0 Å². The number of hydrogen-bond acceptors (Lipinski definition) is 7. The van der Waals surface area contributed by atoms with E-state index in [1.807, 2.05) is 78.9 Å². The lowest BCUT2D eigenvalue weighted by atomic mass is 9.88. The molecule has 0 radical (unpaired) electrons. The number of amides is 2. The molecule has 1 atom stereocenters. The van der Waals surface area contributed by atoms with Crippen LogP contribution in [0.1, 0.15) is 23.5 Å². The molecule has 0 saturated heterocycles. The van der Waals surface area contributed by atoms with E-state index >= 15 is 0 Å². The Morgan fingerprint density at radius 1 is 0.784 bits per heavy atom. The number of ether oxygens (including phenoxy) is 3. The van der Waals surface area contributed by atoms with Crippen molar-refractivity contribution in [2.45, 2.75) is 18.4 Å². The first-order valence-electron chi connectivity index (χ1n) is 11.9. The lowest BCUT2D eigenvalue weighted by Gasteiger charge is -2.20. The van der Waals surface area contributed by atoms with Gasteiger partial charge in [0.2, 0.25) is 0 Å². The zero-order valence-corrected chi connectivity index (χ0v) is 21.0. The lowest BCUT2D eigenvalue weighted by molar-refractivity contribution is 0.106. The van der Waals surface area contributed by atoms with Crippen LogP contribution in [-0.2, 0) is 9.47 Å². The molecule has 0 aliphatic carbocycles. The zero-order chi connectivity index (χ0) is 26.5. The molecule has 0 aromatic heterocycles. The summed E-state index contributed by atoms with van der Waals surface area (Å²) in [6.45, 7) is 1.24. The maximum atomic E-state index is 11.5. The standard InChI is InChI=1S/C28H33N3O6/c1-35-27(33)30-22-12-8-20(9-13-22)26(21-10-14-23(15-11-21)31-28(34)36-2)16-17-29-18-24(32)19-37-25-6-4-3-5-7-25/h3-15,24,26,29,32H,16-19H2,1-2H3,(H,30,33)(H,31,34). The Kier molecular flexibility index (Phi) is 10.8. The summed E-state index contributed by atoms with van der Waals surface area (Å²) >= 11 is 0. The lowest BCUT2D eigenvalue weighted by Crippen LogP contribution is -2.32. The minimum absolute atomic E-state index is 0.0320. The van der Waals surface area contributed by atoms with Gasteiger partial charge in [-0.25, -0.2) is 9.59 Å². The first-order chi connectivity index (χ1) is 18.0. The van der Waals surface area contributed by atoms with Crippen LogP contribution in [0, 0.1) is 0 Å². The Labute approximate surface area is 216 Å². The van der Waals surface area contributed by atoms with Crippen LogP contribution < -0.4 is 20.7 Å². The molecule has 3 aromatic carbocycles. The molecule has 0 spiro atoms. The summed E-state index contributed by atoms with van der Waals surface area (Å²) in [5.41, 5.74) is 3.37. The summed E-state index contributed by atoms with van der Waals surface area (Å²) in [5.74, 6) is 0.751. The molecule has 0 heterocycles. The molecule has 0 aliphatic rings. The number of para-hydroxylation sites is 1. The summed E-state index contributed by atoms with van der Waals surface area (Å²) in [7, 11) is 2.63. The van der Waals surface area contributed by atoms with Crippen molar-refractivity contribution in [1.29, 1.82) is 0 Å². The third-order valence-corrected chi connectivity index (χ3v) is 5.67. The molecule has 3 rings (SSSR count). The monoisotopic (exact) mass is 507 g/mol. The minimum atomic E-state index is -0.647. The van der Waals surface area contributed by atoms with Gasteiger partial charge in [-0.1, -0.05) is 42.5 Å². The van der Waals surface area contributed by atoms with Crippen molar-refractivity contribution in [1.82, 2.24) is 5.32 Å². The fraction of sp³-hybridized carbons (Fsp3) is 0.286. The molecule has 1 unspecified atom stereocenters. The number of rotatable bonds is 12. The summed E-state index contributed by atoms with van der Waals surface area (Å²) in [6, 6.07) is 24.5. The van der Waals surface area contributed by atoms with Gasteiger partial charge in [-0.2, -0.15) is 0 Å². The molecule has 3 aromatic rings. The topological polar surface area (TPSA) is 118 Å². The molecule has 9 heteroatoms. The fourth-order valence-electron chi connectivity index (χ4n) is 3.74. The van der Waals surface area contributed by atoms with E-state index in [2.05, 4.69) is 25.4 Å². The number of methoxy groups -OCH3 is 2. The maximum absolute atomic E-state index is 11.5. The van der Waals surface area contributed by atoms with Crippen LogP contribution in [0.2, 0.25) is 0 Å². The summed E-state index contributed by atoms with van der Waals surface area (Å²) in [5, 5.41) is 18.9. The van der Waals surface area contributed by atoms with Crippen LogP contribution in [0.15, 0.2) is 78.9 Å². The van der Waals surface area contributed by atoms with Gasteiger partial charge in [-0.05, 0) is 60.5 Å². The minimum Gasteiger partial charge on any atom is -0.491 e. The van der Waals surface area contributed by atoms with Crippen LogP contribution in [0.25, 0.3) is 0 Å². The molecule has 0 bridgehead atoms. The fourth-order valence-corrected chi connectivity index (χ4v) is 3.74. The molecular weight excluding hydrogens is 474 g/mol. The predicted molar refractivity (Wildman–Crippen MR) is 142 cm³/mol. The average Bonchev–Trinajstić information content (AvgIpc) is 2.93. The molecule has 2 amide bonds. The van der Waals surface area contributed by atoms with E-state index in [4.69, 9.17) is 4.74 Å². The van der Waals surface area contributed by atoms with Crippen molar-refractivity contribution >= 4 is 23.6 Å². The number of carbonyl (C=O) groups excluding carboxylic acids is 2. The summed E-state index contributed by atoms with van der Waals surface area (Å²) in [6.07, 6.45) is -0.959. The molecule has 0 fully saturated rings. The van der Waals surface area contributed by atoms with E-state index in [0.29, 0.717) is 24.5 Å². The molecular formula is C28H33N3O6. The highest BCUT2D eigenvalue weighted by Gasteiger charge is 2.16. The average molecular weight is 508 g/mol. The largest absolute Gasteiger partial charge is 0.491 e. The molecule has 0 saturated carbocycles. The van der Waals surface area contributed by atoms with Crippen LogP contribution in [0.5, 0.6) is 5.75 Å². The second kappa shape index (κ2) is 14.5. The molecule has 196 valence electrons. The third kappa shape index (κ3) is 9.14. The van der Waals surface area contributed by atoms with E-state index in [-0.39, 0.29) is 12.5 Å². The highest BCUT2D eigenvalue weighted by atomic mass is 16.5. The number of benzene rings is 3. The van der Waals surface area contributed by atoms with E-state index in [0.717, 1.165) is 23.3 Å². The normalized spacial score (nSPS) is 11.5. The summed E-state index contributed by atoms with van der Waals surface area (Å²) < 4.78 is 14.9. The van der Waals surface area contributed by atoms with Crippen molar-refractivity contribution in [3.8, 4) is 5.75 Å². The zero-order valence-electron chi connectivity index (χ0n) is 21.0. The van der Waals surface area contributed by atoms with Gasteiger partial charge in [-0.15, -0.1) is 0 Å². The Bertz CT molecular complexity index is 1050. The quantitative estimate of drug-likeness (QED) is 0.265. The second-order valence-corrected chi connectivity index (χ2v) is 8.30. The second-order valence-electron chi connectivity index (χ2n) is 8.30. The number of aliphatic hydroxyl groups is 1. The molecule has 0 aliphatic heterocycles. The van der Waals surface area contributed by atoms with Crippen molar-refractivity contribution in [3.63, 3.8) is 0 Å². The molecule has 37 heavy (non-hydrogen) atoms. The number of carbonyl (C=O) groups is 2. The van der Waals surface area contributed by atoms with Gasteiger partial charge in [0.1, 0.15) is 18.5 Å². The Morgan fingerprint density at radius 2 is 1.30 bits per heavy atom. The molecule has 4 N–H and O–H groups in total. The van der Waals surface area contributed by atoms with Gasteiger partial charge in [0.05, 0.1) is 14.2 Å². The highest BCUT2D eigenvalue weighted by molar-refractivity contribution is 5.85. The predicted octanol–water partition coefficient (Wildman–Crippen LogP) is 4.59. The third-order valence-electron chi connectivity index (χ3n) is 5.67. The van der Waals surface area contributed by atoms with Crippen LogP contribution >= 0.6 is 0 Å². The highest BCUT2D eigenvalue weighted by Crippen LogP contribution is 2.30. The number of nitrogens with one attached hydrogen (secondary N) is 3. The van der Waals surface area contributed by atoms with Crippen molar-refractivity contribution in [2.75, 3.05) is 44.5 Å². The molecule has 9 nitrogen and oxygen atoms in total. The van der Waals surface area contributed by atoms with Crippen molar-refractivity contribution in [2.24, 2.45) is 0 Å². The van der Waals surface area contributed by atoms with Gasteiger partial charge in [0, 0.05) is 23.8 Å². The first-order valence-corrected chi connectivity index (χ1v) is 11.9. The van der Waals surface area contributed by atoms with Gasteiger partial charge in [0.25, 0.3) is 0 Å². The van der Waals surface area contributed by atoms with Crippen LogP contribution in [0.3, 0.4) is 0 Å². The number of hydrogen-bond donors (Lipinski definition) is 4. The smallest absolute Gasteiger partial charge is 0.411 e. The Morgan fingerprint density at radius 3 is 1.78 bits per heavy atom. The summed E-state index contributed by atoms with van der Waals surface area (Å²) in [4.78, 5) is 23.0. The Hall–Kier alpha value is -4.08. The van der Waals surface area contributed by atoms with Gasteiger partial charge in [-0.3, -0.25) is 10.6 Å². The first kappa shape index (κ1) is 27.5. The SMILES string of the molecule is COC(=O)Nc1ccc(C(CCNCC(O)COc2ccccc2)c2ccc(NC(=O)OC)cc2)cc1. The van der Waals surface area contributed by atoms with E-state index in [1.165, 1.54) is 14.2 Å². The number of aliphatic hydroxyl groups excluding tert-OH is 1. The van der Waals surface area contributed by atoms with Crippen LogP contribution in [-0.4, -0.2) is 57.3 Å². The number of anilines is 2. The van der Waals surface area contributed by atoms with E-state index in [9.17, 15) is 14.7 Å². The van der Waals surface area contributed by atoms with Gasteiger partial charge in [0.15, 0.2) is 0 Å². The van der Waals surface area contributed by atoms with E-state index in [1.54, 1.807) is 0 Å². The van der Waals surface area contributed by atoms with Gasteiger partial charge >= 0.3 is 12.2 Å². The van der Waals surface area contributed by atoms with Gasteiger partial charge < -0.3 is 24.6 Å². The van der Waals surface area contributed by atoms with E-state index < -0.39 is 18.3 Å². The Balaban J connectivity index is 1.62.